The quantitative estimate of drug-likeness (QED) is 0.0965. The number of phenolic OH excluding ortho intramolecular Hbond substituents is 1. The van der Waals surface area contributed by atoms with Crippen LogP contribution >= 0.6 is 47.9 Å². The summed E-state index contributed by atoms with van der Waals surface area (Å²) in [7, 11) is 0. The molecule has 33 heavy (non-hydrogen) atoms. The number of nitrogens with zero attached hydrogens (tertiary/aromatic N) is 2. The molecule has 0 saturated carbocycles. The minimum atomic E-state index is 0.224. The Morgan fingerprint density at radius 3 is 2.27 bits per heavy atom. The molecule has 0 aliphatic carbocycles. The number of thioether (sulfide) groups is 1. The van der Waals surface area contributed by atoms with Crippen molar-refractivity contribution in [1.29, 1.82) is 0 Å². The van der Waals surface area contributed by atoms with E-state index in [9.17, 15) is 5.11 Å². The van der Waals surface area contributed by atoms with Crippen molar-refractivity contribution in [2.75, 3.05) is 5.75 Å². The zero-order valence-corrected chi connectivity index (χ0v) is 22.7. The third kappa shape index (κ3) is 8.16. The second kappa shape index (κ2) is 14.2. The van der Waals surface area contributed by atoms with Gasteiger partial charge in [-0.2, -0.15) is 5.10 Å². The van der Waals surface area contributed by atoms with Crippen molar-refractivity contribution in [3.8, 4) is 22.0 Å². The minimum absolute atomic E-state index is 0.224. The maximum absolute atomic E-state index is 10.7. The number of thiol groups is 1. The van der Waals surface area contributed by atoms with Crippen molar-refractivity contribution >= 4 is 47.9 Å². The number of rotatable bonds is 14. The van der Waals surface area contributed by atoms with Crippen molar-refractivity contribution in [2.24, 2.45) is 0 Å². The summed E-state index contributed by atoms with van der Waals surface area (Å²) in [6.07, 6.45) is 13.4. The number of aromatic nitrogens is 2. The second-order valence-corrected chi connectivity index (χ2v) is 11.5. The van der Waals surface area contributed by atoms with Gasteiger partial charge >= 0.3 is 0 Å². The topological polar surface area (TPSA) is 38.1 Å². The summed E-state index contributed by atoms with van der Waals surface area (Å²) in [4.78, 5) is 1.88. The van der Waals surface area contributed by atoms with Crippen LogP contribution in [0.4, 0.5) is 0 Å². The van der Waals surface area contributed by atoms with Gasteiger partial charge in [0, 0.05) is 9.79 Å². The normalized spacial score (nSPS) is 11.2. The van der Waals surface area contributed by atoms with Crippen molar-refractivity contribution in [3.63, 3.8) is 0 Å². The lowest BCUT2D eigenvalue weighted by Gasteiger charge is -2.09. The summed E-state index contributed by atoms with van der Waals surface area (Å²) >= 11 is 13.4. The summed E-state index contributed by atoms with van der Waals surface area (Å²) in [5.41, 5.74) is 1.59. The number of hydrogen-bond acceptors (Lipinski definition) is 6. The lowest BCUT2D eigenvalue weighted by Crippen LogP contribution is -1.96. The van der Waals surface area contributed by atoms with Crippen molar-refractivity contribution < 1.29 is 5.11 Å². The van der Waals surface area contributed by atoms with Crippen LogP contribution in [0, 0.1) is 3.95 Å². The lowest BCUT2D eigenvalue weighted by atomic mass is 10.1. The highest BCUT2D eigenvalue weighted by Crippen LogP contribution is 2.39. The molecular weight excluding hydrogens is 485 g/mol. The van der Waals surface area contributed by atoms with E-state index in [1.54, 1.807) is 16.4 Å². The standard InChI is InChI=1S/C26H34N2OS4/c1-2-3-4-5-6-7-8-9-10-14-17-32-24-19-22(29)21(18-23(24)30)25-27-28(26(31)33-25)20-15-12-11-13-16-20/h11-13,15-16,18-19,29-30H,2-10,14,17H2,1H3. The fourth-order valence-corrected chi connectivity index (χ4v) is 6.27. The van der Waals surface area contributed by atoms with E-state index in [2.05, 4.69) is 24.7 Å². The van der Waals surface area contributed by atoms with Crippen molar-refractivity contribution in [2.45, 2.75) is 80.9 Å². The summed E-state index contributed by atoms with van der Waals surface area (Å²) in [6, 6.07) is 13.5. The molecule has 1 heterocycles. The summed E-state index contributed by atoms with van der Waals surface area (Å²) in [5.74, 6) is 1.27. The number of benzene rings is 2. The van der Waals surface area contributed by atoms with Crippen molar-refractivity contribution in [3.05, 3.63) is 46.4 Å². The van der Waals surface area contributed by atoms with Crippen LogP contribution in [-0.2, 0) is 0 Å². The van der Waals surface area contributed by atoms with Gasteiger partial charge in [0.15, 0.2) is 8.96 Å². The Morgan fingerprint density at radius 1 is 0.970 bits per heavy atom. The first-order valence-corrected chi connectivity index (χ1v) is 14.6. The van der Waals surface area contributed by atoms with E-state index in [4.69, 9.17) is 12.2 Å². The Hall–Kier alpha value is -1.28. The highest BCUT2D eigenvalue weighted by Gasteiger charge is 2.15. The molecule has 0 aliphatic rings. The summed E-state index contributed by atoms with van der Waals surface area (Å²) in [5, 5.41) is 16.0. The molecule has 0 spiro atoms. The third-order valence-electron chi connectivity index (χ3n) is 5.61. The highest BCUT2D eigenvalue weighted by atomic mass is 32.2. The first-order valence-electron chi connectivity index (χ1n) is 11.9. The smallest absolute Gasteiger partial charge is 0.184 e. The van der Waals surface area contributed by atoms with Gasteiger partial charge in [0.05, 0.1) is 11.3 Å². The minimum Gasteiger partial charge on any atom is -0.507 e. The number of para-hydroxylation sites is 1. The van der Waals surface area contributed by atoms with E-state index in [-0.39, 0.29) is 5.75 Å². The Balaban J connectivity index is 1.48. The molecule has 7 heteroatoms. The number of phenols is 1. The average molecular weight is 519 g/mol. The van der Waals surface area contributed by atoms with Crippen LogP contribution in [-0.4, -0.2) is 20.6 Å². The second-order valence-electron chi connectivity index (χ2n) is 8.29. The monoisotopic (exact) mass is 518 g/mol. The summed E-state index contributed by atoms with van der Waals surface area (Å²) < 4.78 is 2.39. The van der Waals surface area contributed by atoms with Crippen molar-refractivity contribution in [1.82, 2.24) is 9.78 Å². The molecule has 1 aromatic heterocycles. The fourth-order valence-electron chi connectivity index (χ4n) is 3.74. The average Bonchev–Trinajstić information content (AvgIpc) is 3.21. The maximum atomic E-state index is 10.7. The van der Waals surface area contributed by atoms with Gasteiger partial charge < -0.3 is 5.11 Å². The predicted molar refractivity (Wildman–Crippen MR) is 149 cm³/mol. The van der Waals surface area contributed by atoms with Gasteiger partial charge in [-0.3, -0.25) is 0 Å². The molecular formula is C26H34N2OS4. The molecule has 0 atom stereocenters. The fraction of sp³-hybridized carbons (Fsp3) is 0.462. The number of aromatic hydroxyl groups is 1. The van der Waals surface area contributed by atoms with Crippen LogP contribution in [0.5, 0.6) is 5.75 Å². The van der Waals surface area contributed by atoms with Crippen LogP contribution in [0.2, 0.25) is 0 Å². The highest BCUT2D eigenvalue weighted by molar-refractivity contribution is 7.99. The molecule has 178 valence electrons. The molecule has 2 aromatic carbocycles. The Kier molecular flexibility index (Phi) is 11.3. The summed E-state index contributed by atoms with van der Waals surface area (Å²) in [6.45, 7) is 2.27. The van der Waals surface area contributed by atoms with Gasteiger partial charge in [-0.1, -0.05) is 94.2 Å². The Bertz CT molecular complexity index is 1050. The predicted octanol–water partition coefficient (Wildman–Crippen LogP) is 9.34. The molecule has 0 radical (unpaired) electrons. The molecule has 3 aromatic rings. The molecule has 0 fully saturated rings. The maximum Gasteiger partial charge on any atom is 0.184 e. The van der Waals surface area contributed by atoms with E-state index < -0.39 is 0 Å². The molecule has 3 rings (SSSR count). The van der Waals surface area contributed by atoms with E-state index in [1.807, 2.05) is 42.5 Å². The molecule has 0 amide bonds. The zero-order chi connectivity index (χ0) is 23.5. The molecule has 0 bridgehead atoms. The van der Waals surface area contributed by atoms with E-state index in [0.717, 1.165) is 21.2 Å². The Labute approximate surface area is 217 Å². The van der Waals surface area contributed by atoms with Gasteiger partial charge in [-0.25, -0.2) is 4.68 Å². The van der Waals surface area contributed by atoms with Gasteiger partial charge in [-0.15, -0.1) is 24.4 Å². The van der Waals surface area contributed by atoms with Crippen LogP contribution in [0.1, 0.15) is 71.1 Å². The van der Waals surface area contributed by atoms with Crippen LogP contribution in [0.3, 0.4) is 0 Å². The number of hydrogen-bond donors (Lipinski definition) is 2. The zero-order valence-electron chi connectivity index (χ0n) is 19.3. The molecule has 0 unspecified atom stereocenters. The first-order chi connectivity index (χ1) is 16.1. The van der Waals surface area contributed by atoms with Gasteiger partial charge in [-0.05, 0) is 48.7 Å². The van der Waals surface area contributed by atoms with Gasteiger partial charge in [0.2, 0.25) is 0 Å². The van der Waals surface area contributed by atoms with Gasteiger partial charge in [0.25, 0.3) is 0 Å². The molecule has 0 aliphatic heterocycles. The van der Waals surface area contributed by atoms with Crippen LogP contribution in [0.25, 0.3) is 16.3 Å². The SMILES string of the molecule is CCCCCCCCCCCCSc1cc(O)c(-c2nn(-c3ccccc3)c(=S)s2)cc1S. The Morgan fingerprint density at radius 2 is 1.61 bits per heavy atom. The van der Waals surface area contributed by atoms with E-state index in [1.165, 1.54) is 75.5 Å². The van der Waals surface area contributed by atoms with E-state index >= 15 is 0 Å². The van der Waals surface area contributed by atoms with E-state index in [0.29, 0.717) is 14.5 Å². The molecule has 1 N–H and O–H groups in total. The van der Waals surface area contributed by atoms with Crippen LogP contribution in [0.15, 0.2) is 52.3 Å². The molecule has 0 saturated heterocycles. The lowest BCUT2D eigenvalue weighted by molar-refractivity contribution is 0.475. The third-order valence-corrected chi connectivity index (χ3v) is 8.54. The van der Waals surface area contributed by atoms with Gasteiger partial charge in [0.1, 0.15) is 5.75 Å². The first kappa shape index (κ1) is 26.3. The number of unbranched alkanes of at least 4 members (excludes halogenated alkanes) is 9. The molecule has 3 nitrogen and oxygen atoms in total. The largest absolute Gasteiger partial charge is 0.507 e. The van der Waals surface area contributed by atoms with Crippen LogP contribution < -0.4 is 0 Å².